The molecule has 1 aliphatic rings. The molecule has 0 aliphatic carbocycles. The Morgan fingerprint density at radius 1 is 1.21 bits per heavy atom. The van der Waals surface area contributed by atoms with E-state index in [2.05, 4.69) is 36.3 Å². The fraction of sp³-hybridized carbons (Fsp3) is 0.706. The van der Waals surface area contributed by atoms with Crippen molar-refractivity contribution in [3.63, 3.8) is 0 Å². The van der Waals surface area contributed by atoms with Crippen LogP contribution in [0.4, 0.5) is 0 Å². The molecule has 1 aliphatic heterocycles. The first-order chi connectivity index (χ1) is 11.7. The molecule has 24 heavy (non-hydrogen) atoms. The van der Waals surface area contributed by atoms with Crippen molar-refractivity contribution in [1.29, 1.82) is 0 Å². The quantitative estimate of drug-likeness (QED) is 0.774. The van der Waals surface area contributed by atoms with Gasteiger partial charge in [-0.3, -0.25) is 0 Å². The fourth-order valence-corrected chi connectivity index (χ4v) is 3.45. The van der Waals surface area contributed by atoms with E-state index in [4.69, 9.17) is 5.11 Å². The summed E-state index contributed by atoms with van der Waals surface area (Å²) in [6.45, 7) is 6.34. The smallest absolute Gasteiger partial charge is 0.152 e. The van der Waals surface area contributed by atoms with Gasteiger partial charge in [-0.1, -0.05) is 0 Å². The van der Waals surface area contributed by atoms with Gasteiger partial charge in [-0.2, -0.15) is 0 Å². The summed E-state index contributed by atoms with van der Waals surface area (Å²) in [4.78, 5) is 6.76. The minimum Gasteiger partial charge on any atom is -0.396 e. The number of aliphatic hydroxyl groups excluding tert-OH is 1. The van der Waals surface area contributed by atoms with Gasteiger partial charge in [-0.05, 0) is 52.2 Å². The first kappa shape index (κ1) is 17.1. The number of hydrogen-bond donors (Lipinski definition) is 1. The van der Waals surface area contributed by atoms with Crippen molar-refractivity contribution in [2.75, 3.05) is 26.2 Å². The third-order valence-electron chi connectivity index (χ3n) is 5.07. The SMILES string of the molecule is Cc1nccn1Cc1nnc(C2CCN(CCCCO)CC2)n1C. The lowest BCUT2D eigenvalue weighted by Gasteiger charge is -2.31. The summed E-state index contributed by atoms with van der Waals surface area (Å²) in [7, 11) is 2.07. The zero-order valence-electron chi connectivity index (χ0n) is 14.7. The summed E-state index contributed by atoms with van der Waals surface area (Å²) >= 11 is 0. The molecule has 0 unspecified atom stereocenters. The fourth-order valence-electron chi connectivity index (χ4n) is 3.45. The second kappa shape index (κ2) is 7.90. The molecule has 0 atom stereocenters. The molecule has 0 saturated carbocycles. The van der Waals surface area contributed by atoms with E-state index in [0.717, 1.165) is 69.3 Å². The van der Waals surface area contributed by atoms with Gasteiger partial charge in [-0.25, -0.2) is 4.98 Å². The average molecular weight is 332 g/mol. The van der Waals surface area contributed by atoms with Crippen molar-refractivity contribution < 1.29 is 5.11 Å². The summed E-state index contributed by atoms with van der Waals surface area (Å²) in [5.74, 6) is 3.58. The molecule has 1 N–H and O–H groups in total. The lowest BCUT2D eigenvalue weighted by atomic mass is 9.96. The lowest BCUT2D eigenvalue weighted by Crippen LogP contribution is -2.34. The maximum absolute atomic E-state index is 8.89. The topological polar surface area (TPSA) is 72.0 Å². The minimum absolute atomic E-state index is 0.300. The summed E-state index contributed by atoms with van der Waals surface area (Å²) in [5.41, 5.74) is 0. The molecule has 2 aromatic heterocycles. The first-order valence-corrected chi connectivity index (χ1v) is 8.88. The van der Waals surface area contributed by atoms with E-state index in [0.29, 0.717) is 12.5 Å². The molecule has 3 rings (SSSR count). The number of nitrogens with zero attached hydrogens (tertiary/aromatic N) is 6. The summed E-state index contributed by atoms with van der Waals surface area (Å²) in [5, 5.41) is 17.8. The van der Waals surface area contributed by atoms with Crippen LogP contribution < -0.4 is 0 Å². The van der Waals surface area contributed by atoms with Crippen LogP contribution in [0.15, 0.2) is 12.4 Å². The predicted octanol–water partition coefficient (Wildman–Crippen LogP) is 1.32. The molecule has 7 heteroatoms. The van der Waals surface area contributed by atoms with Crippen LogP contribution in [0.25, 0.3) is 0 Å². The van der Waals surface area contributed by atoms with Crippen molar-refractivity contribution in [1.82, 2.24) is 29.2 Å². The molecule has 0 amide bonds. The predicted molar refractivity (Wildman–Crippen MR) is 91.8 cm³/mol. The number of hydrogen-bond acceptors (Lipinski definition) is 5. The van der Waals surface area contributed by atoms with Crippen molar-refractivity contribution >= 4 is 0 Å². The second-order valence-corrected chi connectivity index (χ2v) is 6.68. The number of aromatic nitrogens is 5. The molecular formula is C17H28N6O. The number of aryl methyl sites for hydroxylation is 1. The van der Waals surface area contributed by atoms with E-state index in [1.165, 1.54) is 0 Å². The molecule has 0 aromatic carbocycles. The monoisotopic (exact) mass is 332 g/mol. The van der Waals surface area contributed by atoms with Gasteiger partial charge in [0.15, 0.2) is 5.82 Å². The highest BCUT2D eigenvalue weighted by Gasteiger charge is 2.25. The number of likely N-dealkylation sites (tertiary alicyclic amines) is 1. The Kier molecular flexibility index (Phi) is 5.63. The van der Waals surface area contributed by atoms with Crippen LogP contribution in [0.2, 0.25) is 0 Å². The van der Waals surface area contributed by atoms with Crippen LogP contribution in [-0.4, -0.2) is 60.6 Å². The van der Waals surface area contributed by atoms with Gasteiger partial charge in [0, 0.05) is 32.0 Å². The van der Waals surface area contributed by atoms with Gasteiger partial charge in [0.2, 0.25) is 0 Å². The Morgan fingerprint density at radius 3 is 2.67 bits per heavy atom. The molecule has 7 nitrogen and oxygen atoms in total. The average Bonchev–Trinajstić information content (AvgIpc) is 3.16. The molecule has 0 radical (unpaired) electrons. The number of piperidine rings is 1. The summed E-state index contributed by atoms with van der Waals surface area (Å²) in [6.07, 6.45) is 8.05. The number of unbranched alkanes of at least 4 members (excludes halogenated alkanes) is 1. The number of imidazole rings is 1. The molecule has 0 bridgehead atoms. The van der Waals surface area contributed by atoms with Gasteiger partial charge in [0.05, 0.1) is 6.54 Å². The Morgan fingerprint density at radius 2 is 2.00 bits per heavy atom. The van der Waals surface area contributed by atoms with E-state index in [9.17, 15) is 0 Å². The Bertz CT molecular complexity index is 641. The standard InChI is InChI=1S/C17H28N6O/c1-14-18-7-11-23(14)13-16-19-20-17(21(16)2)15-5-9-22(10-6-15)8-3-4-12-24/h7,11,15,24H,3-6,8-10,12-13H2,1-2H3. The highest BCUT2D eigenvalue weighted by atomic mass is 16.2. The molecule has 0 spiro atoms. The maximum Gasteiger partial charge on any atom is 0.152 e. The van der Waals surface area contributed by atoms with Crippen molar-refractivity contribution in [3.05, 3.63) is 29.9 Å². The van der Waals surface area contributed by atoms with Crippen LogP contribution in [0, 0.1) is 6.92 Å². The maximum atomic E-state index is 8.89. The van der Waals surface area contributed by atoms with Gasteiger partial charge < -0.3 is 19.1 Å². The summed E-state index contributed by atoms with van der Waals surface area (Å²) in [6, 6.07) is 0. The van der Waals surface area contributed by atoms with Crippen molar-refractivity contribution in [2.24, 2.45) is 7.05 Å². The highest BCUT2D eigenvalue weighted by Crippen LogP contribution is 2.27. The van der Waals surface area contributed by atoms with Gasteiger partial charge in [-0.15, -0.1) is 10.2 Å². The van der Waals surface area contributed by atoms with E-state index in [1.54, 1.807) is 0 Å². The number of aliphatic hydroxyl groups is 1. The van der Waals surface area contributed by atoms with Crippen LogP contribution in [-0.2, 0) is 13.6 Å². The zero-order chi connectivity index (χ0) is 16.9. The molecule has 1 saturated heterocycles. The molecule has 2 aromatic rings. The second-order valence-electron chi connectivity index (χ2n) is 6.68. The normalized spacial score (nSPS) is 16.8. The molecular weight excluding hydrogens is 304 g/mol. The van der Waals surface area contributed by atoms with Gasteiger partial charge in [0.1, 0.15) is 11.6 Å². The number of rotatable bonds is 7. The summed E-state index contributed by atoms with van der Waals surface area (Å²) < 4.78 is 4.25. The molecule has 1 fully saturated rings. The largest absolute Gasteiger partial charge is 0.396 e. The first-order valence-electron chi connectivity index (χ1n) is 8.88. The van der Waals surface area contributed by atoms with Crippen molar-refractivity contribution in [3.8, 4) is 0 Å². The highest BCUT2D eigenvalue weighted by molar-refractivity contribution is 5.05. The third kappa shape index (κ3) is 3.84. The van der Waals surface area contributed by atoms with E-state index >= 15 is 0 Å². The van der Waals surface area contributed by atoms with Crippen molar-refractivity contribution in [2.45, 2.75) is 45.1 Å². The Balaban J connectivity index is 1.57. The Hall–Kier alpha value is -1.73. The third-order valence-corrected chi connectivity index (χ3v) is 5.07. The zero-order valence-corrected chi connectivity index (χ0v) is 14.7. The van der Waals surface area contributed by atoms with Crippen LogP contribution in [0.3, 0.4) is 0 Å². The van der Waals surface area contributed by atoms with E-state index in [-0.39, 0.29) is 0 Å². The minimum atomic E-state index is 0.300. The molecule has 132 valence electrons. The molecule has 3 heterocycles. The van der Waals surface area contributed by atoms with Gasteiger partial charge in [0.25, 0.3) is 0 Å². The van der Waals surface area contributed by atoms with Gasteiger partial charge >= 0.3 is 0 Å². The lowest BCUT2D eigenvalue weighted by molar-refractivity contribution is 0.196. The van der Waals surface area contributed by atoms with E-state index < -0.39 is 0 Å². The van der Waals surface area contributed by atoms with Crippen LogP contribution in [0.1, 0.15) is 49.1 Å². The van der Waals surface area contributed by atoms with Crippen LogP contribution in [0.5, 0.6) is 0 Å². The Labute approximate surface area is 143 Å². The van der Waals surface area contributed by atoms with E-state index in [1.807, 2.05) is 19.3 Å². The van der Waals surface area contributed by atoms with Crippen LogP contribution >= 0.6 is 0 Å².